The summed E-state index contributed by atoms with van der Waals surface area (Å²) < 4.78 is 0. The summed E-state index contributed by atoms with van der Waals surface area (Å²) in [6.07, 6.45) is 2.29. The first-order valence-electron chi connectivity index (χ1n) is 7.33. The van der Waals surface area contributed by atoms with Gasteiger partial charge in [-0.25, -0.2) is 0 Å². The van der Waals surface area contributed by atoms with E-state index in [0.29, 0.717) is 12.1 Å². The number of hydrogen-bond donors (Lipinski definition) is 2. The Bertz CT molecular complexity index is 472. The monoisotopic (exact) mass is 418 g/mol. The molecule has 0 aliphatic rings. The van der Waals surface area contributed by atoms with Crippen LogP contribution in [-0.4, -0.2) is 44.5 Å². The Morgan fingerprint density at radius 2 is 1.82 bits per heavy atom. The van der Waals surface area contributed by atoms with Crippen LogP contribution < -0.4 is 10.6 Å². The second kappa shape index (κ2) is 11.3. The van der Waals surface area contributed by atoms with E-state index in [1.807, 2.05) is 24.3 Å². The molecule has 22 heavy (non-hydrogen) atoms. The molecule has 1 aromatic rings. The number of halogens is 1. The van der Waals surface area contributed by atoms with Crippen molar-refractivity contribution in [2.75, 3.05) is 27.7 Å². The number of carbonyl (C=O) groups excluding carboxylic acids is 1. The third-order valence-corrected chi connectivity index (χ3v) is 3.11. The van der Waals surface area contributed by atoms with Gasteiger partial charge in [0.25, 0.3) is 5.91 Å². The van der Waals surface area contributed by atoms with Gasteiger partial charge in [0.1, 0.15) is 0 Å². The van der Waals surface area contributed by atoms with E-state index in [4.69, 9.17) is 0 Å². The highest BCUT2D eigenvalue weighted by Crippen LogP contribution is 2.06. The van der Waals surface area contributed by atoms with Gasteiger partial charge in [-0.3, -0.25) is 9.79 Å². The molecule has 0 aromatic heterocycles. The lowest BCUT2D eigenvalue weighted by Crippen LogP contribution is -2.37. The quantitative estimate of drug-likeness (QED) is 0.323. The molecular weight excluding hydrogens is 391 g/mol. The molecule has 0 spiro atoms. The summed E-state index contributed by atoms with van der Waals surface area (Å²) in [4.78, 5) is 17.5. The Balaban J connectivity index is 0.00000441. The van der Waals surface area contributed by atoms with Gasteiger partial charge in [0.05, 0.1) is 0 Å². The Morgan fingerprint density at radius 1 is 1.18 bits per heavy atom. The van der Waals surface area contributed by atoms with Crippen LogP contribution in [0.4, 0.5) is 0 Å². The predicted octanol–water partition coefficient (Wildman–Crippen LogP) is 2.47. The second-order valence-electron chi connectivity index (χ2n) is 5.10. The number of rotatable bonds is 6. The molecule has 1 rings (SSSR count). The van der Waals surface area contributed by atoms with Crippen LogP contribution in [0.1, 0.15) is 35.7 Å². The number of carbonyl (C=O) groups is 1. The summed E-state index contributed by atoms with van der Waals surface area (Å²) in [5.41, 5.74) is 1.82. The average molecular weight is 418 g/mol. The third-order valence-electron chi connectivity index (χ3n) is 3.11. The Kier molecular flexibility index (Phi) is 10.6. The zero-order valence-electron chi connectivity index (χ0n) is 13.8. The smallest absolute Gasteiger partial charge is 0.253 e. The molecule has 0 radical (unpaired) electrons. The maximum Gasteiger partial charge on any atom is 0.253 e. The zero-order valence-corrected chi connectivity index (χ0v) is 16.2. The Hall–Kier alpha value is -1.31. The third kappa shape index (κ3) is 7.11. The topological polar surface area (TPSA) is 56.7 Å². The van der Waals surface area contributed by atoms with Crippen LogP contribution >= 0.6 is 24.0 Å². The number of aliphatic imine (C=N–C) groups is 1. The van der Waals surface area contributed by atoms with E-state index in [9.17, 15) is 4.79 Å². The number of nitrogens with one attached hydrogen (secondary N) is 2. The molecule has 0 aliphatic heterocycles. The van der Waals surface area contributed by atoms with Crippen molar-refractivity contribution in [2.24, 2.45) is 4.99 Å². The fraction of sp³-hybridized carbons (Fsp3) is 0.500. The molecule has 0 heterocycles. The van der Waals surface area contributed by atoms with Gasteiger partial charge in [0.15, 0.2) is 5.96 Å². The molecule has 0 atom stereocenters. The van der Waals surface area contributed by atoms with Crippen LogP contribution in [0.5, 0.6) is 0 Å². The lowest BCUT2D eigenvalue weighted by atomic mass is 10.1. The van der Waals surface area contributed by atoms with Gasteiger partial charge < -0.3 is 15.5 Å². The first kappa shape index (κ1) is 20.7. The van der Waals surface area contributed by atoms with Crippen LogP contribution in [0, 0.1) is 0 Å². The van der Waals surface area contributed by atoms with Gasteiger partial charge in [-0.1, -0.05) is 25.5 Å². The number of hydrogen-bond acceptors (Lipinski definition) is 2. The highest BCUT2D eigenvalue weighted by molar-refractivity contribution is 14.0. The van der Waals surface area contributed by atoms with Crippen LogP contribution in [0.25, 0.3) is 0 Å². The van der Waals surface area contributed by atoms with Gasteiger partial charge in [0, 0.05) is 39.8 Å². The maximum atomic E-state index is 11.8. The number of nitrogens with zero attached hydrogens (tertiary/aromatic N) is 2. The van der Waals surface area contributed by atoms with Crippen molar-refractivity contribution < 1.29 is 4.79 Å². The molecule has 0 saturated heterocycles. The van der Waals surface area contributed by atoms with Gasteiger partial charge in [-0.15, -0.1) is 24.0 Å². The molecule has 1 amide bonds. The van der Waals surface area contributed by atoms with Crippen LogP contribution in [0.2, 0.25) is 0 Å². The van der Waals surface area contributed by atoms with Crippen LogP contribution in [-0.2, 0) is 6.54 Å². The van der Waals surface area contributed by atoms with Crippen molar-refractivity contribution in [2.45, 2.75) is 26.3 Å². The molecular formula is C16H27IN4O. The molecule has 5 nitrogen and oxygen atoms in total. The van der Waals surface area contributed by atoms with E-state index in [1.165, 1.54) is 0 Å². The minimum absolute atomic E-state index is 0. The van der Waals surface area contributed by atoms with E-state index >= 15 is 0 Å². The fourth-order valence-electron chi connectivity index (χ4n) is 1.81. The standard InChI is InChI=1S/C16H26N4O.HI/c1-5-6-11-18-16(17-2)19-12-13-7-9-14(10-8-13)15(21)20(3)4;/h7-10H,5-6,11-12H2,1-4H3,(H2,17,18,19);1H. The van der Waals surface area contributed by atoms with Crippen LogP contribution in [0.15, 0.2) is 29.3 Å². The maximum absolute atomic E-state index is 11.8. The number of benzene rings is 1. The molecule has 0 bridgehead atoms. The summed E-state index contributed by atoms with van der Waals surface area (Å²) in [6.45, 7) is 3.77. The summed E-state index contributed by atoms with van der Waals surface area (Å²) in [5.74, 6) is 0.823. The molecule has 0 saturated carbocycles. The van der Waals surface area contributed by atoms with E-state index < -0.39 is 0 Å². The van der Waals surface area contributed by atoms with E-state index in [0.717, 1.165) is 30.9 Å². The number of guanidine groups is 1. The minimum Gasteiger partial charge on any atom is -0.356 e. The average Bonchev–Trinajstić information content (AvgIpc) is 2.50. The second-order valence-corrected chi connectivity index (χ2v) is 5.10. The number of amides is 1. The van der Waals surface area contributed by atoms with Crippen molar-refractivity contribution in [3.8, 4) is 0 Å². The lowest BCUT2D eigenvalue weighted by molar-refractivity contribution is 0.0827. The van der Waals surface area contributed by atoms with Crippen molar-refractivity contribution in [3.05, 3.63) is 35.4 Å². The summed E-state index contributed by atoms with van der Waals surface area (Å²) in [7, 11) is 5.27. The minimum atomic E-state index is 0. The highest BCUT2D eigenvalue weighted by atomic mass is 127. The molecule has 0 unspecified atom stereocenters. The van der Waals surface area contributed by atoms with E-state index in [-0.39, 0.29) is 29.9 Å². The van der Waals surface area contributed by atoms with E-state index in [1.54, 1.807) is 26.0 Å². The Labute approximate surface area is 150 Å². The van der Waals surface area contributed by atoms with E-state index in [2.05, 4.69) is 22.5 Å². The summed E-state index contributed by atoms with van der Waals surface area (Å²) >= 11 is 0. The SMILES string of the molecule is CCCCNC(=NC)NCc1ccc(C(=O)N(C)C)cc1.I. The van der Waals surface area contributed by atoms with Crippen molar-refractivity contribution in [1.82, 2.24) is 15.5 Å². The van der Waals surface area contributed by atoms with Crippen molar-refractivity contribution in [1.29, 1.82) is 0 Å². The van der Waals surface area contributed by atoms with Gasteiger partial charge in [0.2, 0.25) is 0 Å². The molecule has 0 aliphatic carbocycles. The van der Waals surface area contributed by atoms with Crippen molar-refractivity contribution in [3.63, 3.8) is 0 Å². The van der Waals surface area contributed by atoms with Gasteiger partial charge in [-0.2, -0.15) is 0 Å². The predicted molar refractivity (Wildman–Crippen MR) is 103 cm³/mol. The molecule has 2 N–H and O–H groups in total. The number of unbranched alkanes of at least 4 members (excludes halogenated alkanes) is 1. The normalized spacial score (nSPS) is 10.6. The first-order chi connectivity index (χ1) is 10.1. The highest BCUT2D eigenvalue weighted by Gasteiger charge is 2.07. The largest absolute Gasteiger partial charge is 0.356 e. The summed E-state index contributed by atoms with van der Waals surface area (Å²) in [6, 6.07) is 7.63. The molecule has 1 aromatic carbocycles. The van der Waals surface area contributed by atoms with Gasteiger partial charge >= 0.3 is 0 Å². The Morgan fingerprint density at radius 3 is 2.32 bits per heavy atom. The molecule has 6 heteroatoms. The van der Waals surface area contributed by atoms with Gasteiger partial charge in [-0.05, 0) is 24.1 Å². The lowest BCUT2D eigenvalue weighted by Gasteiger charge is -2.13. The first-order valence-corrected chi connectivity index (χ1v) is 7.33. The van der Waals surface area contributed by atoms with Crippen LogP contribution in [0.3, 0.4) is 0 Å². The molecule has 124 valence electrons. The summed E-state index contributed by atoms with van der Waals surface area (Å²) in [5, 5.41) is 6.52. The zero-order chi connectivity index (χ0) is 15.7. The molecule has 0 fully saturated rings. The fourth-order valence-corrected chi connectivity index (χ4v) is 1.81. The van der Waals surface area contributed by atoms with Crippen molar-refractivity contribution >= 4 is 35.8 Å².